The number of hydrogen-bond acceptors (Lipinski definition) is 4. The molecule has 2 rings (SSSR count). The fourth-order valence-electron chi connectivity index (χ4n) is 1.91. The number of halogens is 1. The van der Waals surface area contributed by atoms with Gasteiger partial charge in [0.05, 0.1) is 17.7 Å². The summed E-state index contributed by atoms with van der Waals surface area (Å²) in [6.45, 7) is 1.03. The SMILES string of the molecule is O=C(NC1(CO)CCOCC1)c1ccc(Br)nc1. The molecule has 1 aliphatic heterocycles. The van der Waals surface area contributed by atoms with Gasteiger partial charge in [-0.05, 0) is 40.9 Å². The van der Waals surface area contributed by atoms with Gasteiger partial charge in [-0.1, -0.05) is 0 Å². The van der Waals surface area contributed by atoms with Crippen molar-refractivity contribution in [3.05, 3.63) is 28.5 Å². The van der Waals surface area contributed by atoms with Crippen molar-refractivity contribution in [2.75, 3.05) is 19.8 Å². The van der Waals surface area contributed by atoms with Crippen LogP contribution in [0.1, 0.15) is 23.2 Å². The van der Waals surface area contributed by atoms with Crippen LogP contribution in [0, 0.1) is 0 Å². The monoisotopic (exact) mass is 314 g/mol. The molecule has 18 heavy (non-hydrogen) atoms. The Balaban J connectivity index is 2.07. The van der Waals surface area contributed by atoms with Gasteiger partial charge >= 0.3 is 0 Å². The van der Waals surface area contributed by atoms with Crippen molar-refractivity contribution >= 4 is 21.8 Å². The van der Waals surface area contributed by atoms with Gasteiger partial charge in [0.1, 0.15) is 4.60 Å². The summed E-state index contributed by atoms with van der Waals surface area (Å²) in [4.78, 5) is 16.1. The lowest BCUT2D eigenvalue weighted by molar-refractivity contribution is 0.0125. The Labute approximate surface area is 114 Å². The largest absolute Gasteiger partial charge is 0.394 e. The predicted octanol–water partition coefficient (Wildman–Crippen LogP) is 1.12. The van der Waals surface area contributed by atoms with Gasteiger partial charge in [0.2, 0.25) is 0 Å². The average Bonchev–Trinajstić information content (AvgIpc) is 2.40. The molecule has 0 atom stereocenters. The quantitative estimate of drug-likeness (QED) is 0.820. The van der Waals surface area contributed by atoms with Gasteiger partial charge in [0.15, 0.2) is 0 Å². The van der Waals surface area contributed by atoms with Gasteiger partial charge in [0, 0.05) is 19.4 Å². The van der Waals surface area contributed by atoms with Gasteiger partial charge < -0.3 is 15.2 Å². The average molecular weight is 315 g/mol. The maximum atomic E-state index is 12.1. The van der Waals surface area contributed by atoms with Crippen LogP contribution >= 0.6 is 15.9 Å². The fourth-order valence-corrected chi connectivity index (χ4v) is 2.14. The molecule has 6 heteroatoms. The van der Waals surface area contributed by atoms with Gasteiger partial charge in [-0.3, -0.25) is 4.79 Å². The second kappa shape index (κ2) is 5.77. The fraction of sp³-hybridized carbons (Fsp3) is 0.500. The third-order valence-corrected chi connectivity index (χ3v) is 3.59. The number of carbonyl (C=O) groups excluding carboxylic acids is 1. The Morgan fingerprint density at radius 1 is 1.50 bits per heavy atom. The zero-order valence-electron chi connectivity index (χ0n) is 9.86. The van der Waals surface area contributed by atoms with Gasteiger partial charge in [-0.25, -0.2) is 4.98 Å². The number of nitrogens with one attached hydrogen (secondary N) is 1. The van der Waals surface area contributed by atoms with Gasteiger partial charge in [0.25, 0.3) is 5.91 Å². The molecule has 0 saturated carbocycles. The molecule has 1 fully saturated rings. The van der Waals surface area contributed by atoms with Crippen LogP contribution in [-0.4, -0.2) is 41.4 Å². The summed E-state index contributed by atoms with van der Waals surface area (Å²) in [6, 6.07) is 3.40. The Hall–Kier alpha value is -0.980. The minimum absolute atomic E-state index is 0.0773. The Bertz CT molecular complexity index is 416. The summed E-state index contributed by atoms with van der Waals surface area (Å²) in [7, 11) is 0. The van der Waals surface area contributed by atoms with Crippen LogP contribution in [0.4, 0.5) is 0 Å². The molecule has 1 saturated heterocycles. The van der Waals surface area contributed by atoms with E-state index in [-0.39, 0.29) is 12.5 Å². The first-order valence-corrected chi connectivity index (χ1v) is 6.57. The van der Waals surface area contributed by atoms with Crippen LogP contribution in [0.5, 0.6) is 0 Å². The maximum absolute atomic E-state index is 12.1. The second-order valence-corrected chi connectivity index (χ2v) is 5.19. The van der Waals surface area contributed by atoms with Crippen molar-refractivity contribution in [1.82, 2.24) is 10.3 Å². The number of aliphatic hydroxyl groups excluding tert-OH is 1. The number of amides is 1. The zero-order chi connectivity index (χ0) is 13.0. The molecular weight excluding hydrogens is 300 g/mol. The molecule has 1 aromatic rings. The van der Waals surface area contributed by atoms with Crippen molar-refractivity contribution < 1.29 is 14.6 Å². The molecule has 1 aliphatic rings. The molecule has 0 spiro atoms. The van der Waals surface area contributed by atoms with E-state index in [4.69, 9.17) is 4.74 Å². The third kappa shape index (κ3) is 3.07. The molecule has 0 unspecified atom stereocenters. The number of aliphatic hydroxyl groups is 1. The highest BCUT2D eigenvalue weighted by atomic mass is 79.9. The Morgan fingerprint density at radius 3 is 2.78 bits per heavy atom. The minimum Gasteiger partial charge on any atom is -0.394 e. The molecule has 0 aromatic carbocycles. The number of rotatable bonds is 3. The zero-order valence-corrected chi connectivity index (χ0v) is 11.4. The van der Waals surface area contributed by atoms with Crippen LogP contribution in [0.2, 0.25) is 0 Å². The summed E-state index contributed by atoms with van der Waals surface area (Å²) in [6.07, 6.45) is 2.75. The van der Waals surface area contributed by atoms with Crippen LogP contribution in [0.25, 0.3) is 0 Å². The summed E-state index contributed by atoms with van der Waals surface area (Å²) < 4.78 is 5.93. The van der Waals surface area contributed by atoms with Crippen molar-refractivity contribution in [1.29, 1.82) is 0 Å². The highest BCUT2D eigenvalue weighted by Gasteiger charge is 2.33. The molecule has 0 bridgehead atoms. The lowest BCUT2D eigenvalue weighted by Gasteiger charge is -2.36. The van der Waals surface area contributed by atoms with E-state index in [1.54, 1.807) is 12.1 Å². The van der Waals surface area contributed by atoms with Crippen LogP contribution in [-0.2, 0) is 4.74 Å². The van der Waals surface area contributed by atoms with E-state index in [1.807, 2.05) is 0 Å². The van der Waals surface area contributed by atoms with Gasteiger partial charge in [-0.15, -0.1) is 0 Å². The molecule has 98 valence electrons. The predicted molar refractivity (Wildman–Crippen MR) is 69.3 cm³/mol. The van der Waals surface area contributed by atoms with Crippen molar-refractivity contribution in [3.63, 3.8) is 0 Å². The number of nitrogens with zero attached hydrogens (tertiary/aromatic N) is 1. The summed E-state index contributed by atoms with van der Waals surface area (Å²) in [5, 5.41) is 12.4. The van der Waals surface area contributed by atoms with Crippen molar-refractivity contribution in [2.24, 2.45) is 0 Å². The highest BCUT2D eigenvalue weighted by molar-refractivity contribution is 9.10. The normalized spacial score (nSPS) is 18.3. The summed E-state index contributed by atoms with van der Waals surface area (Å²) in [5.74, 6) is -0.217. The molecule has 2 heterocycles. The lowest BCUT2D eigenvalue weighted by Crippen LogP contribution is -2.54. The van der Waals surface area contributed by atoms with Gasteiger partial charge in [-0.2, -0.15) is 0 Å². The van der Waals surface area contributed by atoms with E-state index in [0.717, 1.165) is 0 Å². The topological polar surface area (TPSA) is 71.5 Å². The molecule has 0 radical (unpaired) electrons. The first-order valence-electron chi connectivity index (χ1n) is 5.78. The second-order valence-electron chi connectivity index (χ2n) is 4.37. The highest BCUT2D eigenvalue weighted by Crippen LogP contribution is 2.20. The number of pyridine rings is 1. The Morgan fingerprint density at radius 2 is 2.22 bits per heavy atom. The van der Waals surface area contributed by atoms with Crippen LogP contribution in [0.15, 0.2) is 22.9 Å². The molecule has 1 amide bonds. The maximum Gasteiger partial charge on any atom is 0.253 e. The number of aromatic nitrogens is 1. The van der Waals surface area contributed by atoms with Crippen LogP contribution < -0.4 is 5.32 Å². The third-order valence-electron chi connectivity index (χ3n) is 3.12. The van der Waals surface area contributed by atoms with Crippen LogP contribution in [0.3, 0.4) is 0 Å². The van der Waals surface area contributed by atoms with E-state index < -0.39 is 5.54 Å². The molecular formula is C12H15BrN2O3. The van der Waals surface area contributed by atoms with Crippen molar-refractivity contribution in [3.8, 4) is 0 Å². The minimum atomic E-state index is -0.567. The lowest BCUT2D eigenvalue weighted by atomic mass is 9.90. The van der Waals surface area contributed by atoms with E-state index in [1.165, 1.54) is 6.20 Å². The number of hydrogen-bond donors (Lipinski definition) is 2. The molecule has 0 aliphatic carbocycles. The molecule has 1 aromatic heterocycles. The van der Waals surface area contributed by atoms with E-state index >= 15 is 0 Å². The van der Waals surface area contributed by atoms with E-state index in [2.05, 4.69) is 26.2 Å². The standard InChI is InChI=1S/C12H15BrN2O3/c13-10-2-1-9(7-14-10)11(17)15-12(8-16)3-5-18-6-4-12/h1-2,7,16H,3-6,8H2,(H,15,17). The first kappa shape index (κ1) is 13.5. The summed E-state index contributed by atoms with van der Waals surface area (Å²) in [5.41, 5.74) is -0.0832. The summed E-state index contributed by atoms with van der Waals surface area (Å²) >= 11 is 3.22. The van der Waals surface area contributed by atoms with E-state index in [9.17, 15) is 9.90 Å². The number of carbonyl (C=O) groups is 1. The molecule has 5 nitrogen and oxygen atoms in total. The molecule has 2 N–H and O–H groups in total. The smallest absolute Gasteiger partial charge is 0.253 e. The Kier molecular flexibility index (Phi) is 4.31. The van der Waals surface area contributed by atoms with E-state index in [0.29, 0.717) is 36.2 Å². The van der Waals surface area contributed by atoms with Crippen molar-refractivity contribution in [2.45, 2.75) is 18.4 Å². The number of ether oxygens (including phenoxy) is 1. The first-order chi connectivity index (χ1) is 8.65.